The summed E-state index contributed by atoms with van der Waals surface area (Å²) in [5.41, 5.74) is 0.829. The van der Waals surface area contributed by atoms with Gasteiger partial charge in [0.15, 0.2) is 0 Å². The van der Waals surface area contributed by atoms with Gasteiger partial charge >= 0.3 is 0 Å². The smallest absolute Gasteiger partial charge is 0.122 e. The van der Waals surface area contributed by atoms with Crippen LogP contribution >= 0.6 is 0 Å². The molecule has 0 aliphatic heterocycles. The third kappa shape index (κ3) is 3.59. The number of aliphatic hydroxyl groups is 2. The van der Waals surface area contributed by atoms with Crippen LogP contribution in [-0.4, -0.2) is 21.4 Å². The fourth-order valence-corrected chi connectivity index (χ4v) is 8.56. The van der Waals surface area contributed by atoms with Gasteiger partial charge in [-0.25, -0.2) is 0 Å². The molecule has 2 nitrogen and oxygen atoms in total. The lowest BCUT2D eigenvalue weighted by molar-refractivity contribution is -0.0710. The Morgan fingerprint density at radius 3 is 2.60 bits per heavy atom. The first kappa shape index (κ1) is 22.4. The Morgan fingerprint density at radius 2 is 1.90 bits per heavy atom. The van der Waals surface area contributed by atoms with E-state index in [1.807, 2.05) is 6.92 Å². The van der Waals surface area contributed by atoms with Crippen molar-refractivity contribution in [1.82, 2.24) is 0 Å². The molecule has 168 valence electrons. The standard InChI is InChI=1S/C28H44O2/c1-7-25(3,29)14-12-19(2)22-10-11-23-21-9-8-20-18-26(4,30)16-17-27(20,5)24(21)13-15-28(22,23)6/h1,8,19,21-24,29-30H,9-18H2,2-6H3/t19-,21+,22-,23?,24+,25-,26+,27+,28-/m1/s1. The maximum Gasteiger partial charge on any atom is 0.122 e. The second-order valence-corrected chi connectivity index (χ2v) is 12.6. The molecule has 0 aromatic carbocycles. The van der Waals surface area contributed by atoms with E-state index in [0.717, 1.165) is 49.4 Å². The first-order chi connectivity index (χ1) is 13.9. The zero-order valence-corrected chi connectivity index (χ0v) is 20.0. The highest BCUT2D eigenvalue weighted by molar-refractivity contribution is 5.26. The molecule has 0 radical (unpaired) electrons. The molecule has 30 heavy (non-hydrogen) atoms. The highest BCUT2D eigenvalue weighted by atomic mass is 16.3. The van der Waals surface area contributed by atoms with E-state index in [2.05, 4.69) is 32.8 Å². The fraction of sp³-hybridized carbons (Fsp3) is 0.857. The predicted molar refractivity (Wildman–Crippen MR) is 124 cm³/mol. The van der Waals surface area contributed by atoms with Gasteiger partial charge in [0.25, 0.3) is 0 Å². The van der Waals surface area contributed by atoms with E-state index in [4.69, 9.17) is 6.42 Å². The van der Waals surface area contributed by atoms with Gasteiger partial charge < -0.3 is 10.2 Å². The highest BCUT2D eigenvalue weighted by Gasteiger charge is 2.59. The Labute approximate surface area is 184 Å². The van der Waals surface area contributed by atoms with Gasteiger partial charge in [0.05, 0.1) is 5.60 Å². The van der Waals surface area contributed by atoms with Crippen LogP contribution in [0.2, 0.25) is 0 Å². The molecule has 4 rings (SSSR count). The van der Waals surface area contributed by atoms with Crippen molar-refractivity contribution in [2.45, 2.75) is 110 Å². The van der Waals surface area contributed by atoms with Gasteiger partial charge in [0, 0.05) is 0 Å². The molecule has 0 spiro atoms. The normalized spacial score (nSPS) is 48.4. The molecule has 0 saturated heterocycles. The summed E-state index contributed by atoms with van der Waals surface area (Å²) < 4.78 is 0. The highest BCUT2D eigenvalue weighted by Crippen LogP contribution is 2.67. The average Bonchev–Trinajstić information content (AvgIpc) is 3.04. The van der Waals surface area contributed by atoms with Crippen molar-refractivity contribution in [1.29, 1.82) is 0 Å². The summed E-state index contributed by atoms with van der Waals surface area (Å²) >= 11 is 0. The Balaban J connectivity index is 1.51. The molecule has 1 unspecified atom stereocenters. The van der Waals surface area contributed by atoms with Crippen molar-refractivity contribution in [3.05, 3.63) is 11.6 Å². The van der Waals surface area contributed by atoms with E-state index >= 15 is 0 Å². The van der Waals surface area contributed by atoms with Crippen molar-refractivity contribution in [2.24, 2.45) is 40.4 Å². The molecule has 3 saturated carbocycles. The molecule has 9 atom stereocenters. The van der Waals surface area contributed by atoms with E-state index < -0.39 is 11.2 Å². The fourth-order valence-electron chi connectivity index (χ4n) is 8.56. The zero-order valence-electron chi connectivity index (χ0n) is 20.0. The number of fused-ring (bicyclic) bond motifs is 5. The van der Waals surface area contributed by atoms with Crippen molar-refractivity contribution in [3.8, 4) is 12.3 Å². The minimum Gasteiger partial charge on any atom is -0.390 e. The van der Waals surface area contributed by atoms with E-state index in [0.29, 0.717) is 23.2 Å². The summed E-state index contributed by atoms with van der Waals surface area (Å²) in [6.07, 6.45) is 19.4. The molecule has 4 aliphatic rings. The van der Waals surface area contributed by atoms with E-state index in [1.54, 1.807) is 12.5 Å². The molecular formula is C28H44O2. The topological polar surface area (TPSA) is 40.5 Å². The van der Waals surface area contributed by atoms with Crippen LogP contribution in [0.1, 0.15) is 98.8 Å². The van der Waals surface area contributed by atoms with Crippen LogP contribution in [0.3, 0.4) is 0 Å². The lowest BCUT2D eigenvalue weighted by Gasteiger charge is -2.59. The molecular weight excluding hydrogens is 368 g/mol. The van der Waals surface area contributed by atoms with Gasteiger partial charge in [-0.2, -0.15) is 0 Å². The molecule has 2 N–H and O–H groups in total. The van der Waals surface area contributed by atoms with Crippen LogP contribution in [-0.2, 0) is 0 Å². The Morgan fingerprint density at radius 1 is 1.17 bits per heavy atom. The van der Waals surface area contributed by atoms with Gasteiger partial charge in [0.1, 0.15) is 5.60 Å². The first-order valence-corrected chi connectivity index (χ1v) is 12.5. The molecule has 3 fully saturated rings. The van der Waals surface area contributed by atoms with Crippen LogP contribution < -0.4 is 0 Å². The predicted octanol–water partition coefficient (Wildman–Crippen LogP) is 6.12. The molecule has 0 bridgehead atoms. The third-order valence-electron chi connectivity index (χ3n) is 10.5. The summed E-state index contributed by atoms with van der Waals surface area (Å²) in [7, 11) is 0. The maximum absolute atomic E-state index is 10.7. The van der Waals surface area contributed by atoms with Gasteiger partial charge in [-0.05, 0) is 118 Å². The molecule has 2 heteroatoms. The summed E-state index contributed by atoms with van der Waals surface area (Å²) in [6, 6.07) is 0. The van der Waals surface area contributed by atoms with Crippen LogP contribution in [0.5, 0.6) is 0 Å². The van der Waals surface area contributed by atoms with Gasteiger partial charge in [-0.1, -0.05) is 38.3 Å². The van der Waals surface area contributed by atoms with Crippen LogP contribution in [0.4, 0.5) is 0 Å². The minimum atomic E-state index is -0.966. The Hall–Kier alpha value is -0.780. The summed E-state index contributed by atoms with van der Waals surface area (Å²) in [6.45, 7) is 11.3. The zero-order chi connectivity index (χ0) is 21.9. The second kappa shape index (κ2) is 7.38. The summed E-state index contributed by atoms with van der Waals surface area (Å²) in [4.78, 5) is 0. The molecule has 4 aliphatic carbocycles. The van der Waals surface area contributed by atoms with Crippen LogP contribution in [0.25, 0.3) is 0 Å². The number of terminal acetylenes is 1. The van der Waals surface area contributed by atoms with E-state index in [1.165, 1.54) is 32.1 Å². The number of hydrogen-bond acceptors (Lipinski definition) is 2. The summed E-state index contributed by atoms with van der Waals surface area (Å²) in [5, 5.41) is 20.9. The van der Waals surface area contributed by atoms with E-state index in [9.17, 15) is 10.2 Å². The molecule has 0 aromatic rings. The van der Waals surface area contributed by atoms with Crippen molar-refractivity contribution in [3.63, 3.8) is 0 Å². The number of allylic oxidation sites excluding steroid dienone is 1. The monoisotopic (exact) mass is 412 g/mol. The van der Waals surface area contributed by atoms with E-state index in [-0.39, 0.29) is 0 Å². The van der Waals surface area contributed by atoms with Crippen molar-refractivity contribution in [2.75, 3.05) is 0 Å². The Bertz CT molecular complexity index is 740. The molecule has 0 amide bonds. The summed E-state index contributed by atoms with van der Waals surface area (Å²) in [5.74, 6) is 6.36. The van der Waals surface area contributed by atoms with Gasteiger partial charge in [-0.15, -0.1) is 6.42 Å². The average molecular weight is 413 g/mol. The molecule has 0 heterocycles. The lowest BCUT2D eigenvalue weighted by Crippen LogP contribution is -2.52. The largest absolute Gasteiger partial charge is 0.390 e. The van der Waals surface area contributed by atoms with Crippen LogP contribution in [0, 0.1) is 52.8 Å². The first-order valence-electron chi connectivity index (χ1n) is 12.5. The van der Waals surface area contributed by atoms with Crippen molar-refractivity contribution >= 4 is 0 Å². The number of hydrogen-bond donors (Lipinski definition) is 2. The second-order valence-electron chi connectivity index (χ2n) is 12.6. The lowest BCUT2D eigenvalue weighted by atomic mass is 9.46. The van der Waals surface area contributed by atoms with Gasteiger partial charge in [-0.3, -0.25) is 0 Å². The Kier molecular flexibility index (Phi) is 5.52. The van der Waals surface area contributed by atoms with Crippen molar-refractivity contribution < 1.29 is 10.2 Å². The quantitative estimate of drug-likeness (QED) is 0.431. The third-order valence-corrected chi connectivity index (χ3v) is 10.5. The number of rotatable bonds is 4. The minimum absolute atomic E-state index is 0.307. The van der Waals surface area contributed by atoms with Crippen LogP contribution in [0.15, 0.2) is 11.6 Å². The molecule has 0 aromatic heterocycles. The SMILES string of the molecule is C#C[C@@](C)(O)CC[C@@H](C)[C@H]1CCC2[C@@H]3CC=C4C[C@@](C)(O)CC[C@]4(C)[C@H]3CC[C@@]21C. The van der Waals surface area contributed by atoms with Gasteiger partial charge in [0.2, 0.25) is 0 Å². The maximum atomic E-state index is 10.7.